The first kappa shape index (κ1) is 18.4. The van der Waals surface area contributed by atoms with Crippen molar-refractivity contribution in [1.29, 1.82) is 0 Å². The third-order valence-electron chi connectivity index (χ3n) is 4.27. The molecule has 0 bridgehead atoms. The molecule has 1 aliphatic rings. The molecule has 140 valence electrons. The van der Waals surface area contributed by atoms with Crippen molar-refractivity contribution in [3.05, 3.63) is 53.6 Å². The van der Waals surface area contributed by atoms with E-state index < -0.39 is 11.9 Å². The van der Waals surface area contributed by atoms with Crippen LogP contribution in [0.3, 0.4) is 0 Å². The highest BCUT2D eigenvalue weighted by Gasteiger charge is 2.33. The van der Waals surface area contributed by atoms with E-state index in [0.29, 0.717) is 32.7 Å². The Morgan fingerprint density at radius 2 is 1.69 bits per heavy atom. The summed E-state index contributed by atoms with van der Waals surface area (Å²) in [4.78, 5) is 16.0. The van der Waals surface area contributed by atoms with Gasteiger partial charge in [0.15, 0.2) is 5.69 Å². The van der Waals surface area contributed by atoms with Crippen molar-refractivity contribution in [3.8, 4) is 0 Å². The average Bonchev–Trinajstić information content (AvgIpc) is 3.06. The molecule has 0 unspecified atom stereocenters. The molecule has 0 atom stereocenters. The number of benzene rings is 1. The van der Waals surface area contributed by atoms with Crippen molar-refractivity contribution in [1.82, 2.24) is 19.6 Å². The molecule has 2 heterocycles. The van der Waals surface area contributed by atoms with Crippen LogP contribution in [0.1, 0.15) is 11.3 Å². The van der Waals surface area contributed by atoms with E-state index in [4.69, 9.17) is 0 Å². The van der Waals surface area contributed by atoms with E-state index in [0.717, 1.165) is 22.5 Å². The lowest BCUT2D eigenvalue weighted by atomic mass is 10.2. The van der Waals surface area contributed by atoms with Gasteiger partial charge in [0.25, 0.3) is 0 Å². The Morgan fingerprint density at radius 3 is 2.27 bits per heavy atom. The van der Waals surface area contributed by atoms with E-state index in [1.165, 1.54) is 12.1 Å². The molecule has 1 aliphatic heterocycles. The maximum Gasteiger partial charge on any atom is 0.435 e. The standard InChI is InChI=1S/C17H18F4N4O/c18-14-3-1-13(2-4-14)11-23-7-9-24(10-8-23)16(26)12-25-6-5-15(22-25)17(19,20)21/h1-6H,7-12H2. The normalized spacial score (nSPS) is 16.1. The van der Waals surface area contributed by atoms with Crippen LogP contribution in [0, 0.1) is 5.82 Å². The summed E-state index contributed by atoms with van der Waals surface area (Å²) < 4.78 is 51.6. The molecule has 0 saturated carbocycles. The van der Waals surface area contributed by atoms with Gasteiger partial charge in [-0.15, -0.1) is 0 Å². The van der Waals surface area contributed by atoms with Gasteiger partial charge in [-0.05, 0) is 23.8 Å². The zero-order valence-electron chi connectivity index (χ0n) is 13.9. The number of carbonyl (C=O) groups is 1. The fraction of sp³-hybridized carbons (Fsp3) is 0.412. The predicted octanol–water partition coefficient (Wildman–Crippen LogP) is 2.39. The summed E-state index contributed by atoms with van der Waals surface area (Å²) in [6, 6.07) is 7.13. The van der Waals surface area contributed by atoms with E-state index in [1.807, 2.05) is 0 Å². The fourth-order valence-electron chi connectivity index (χ4n) is 2.84. The van der Waals surface area contributed by atoms with E-state index in [9.17, 15) is 22.4 Å². The number of hydrogen-bond donors (Lipinski definition) is 0. The number of aromatic nitrogens is 2. The maximum absolute atomic E-state index is 12.9. The van der Waals surface area contributed by atoms with Gasteiger partial charge in [-0.2, -0.15) is 18.3 Å². The van der Waals surface area contributed by atoms with Crippen LogP contribution in [0.2, 0.25) is 0 Å². The van der Waals surface area contributed by atoms with Crippen LogP contribution in [0.4, 0.5) is 17.6 Å². The highest BCUT2D eigenvalue weighted by atomic mass is 19.4. The first-order chi connectivity index (χ1) is 12.3. The van der Waals surface area contributed by atoms with Crippen LogP contribution in [0.5, 0.6) is 0 Å². The number of amides is 1. The minimum Gasteiger partial charge on any atom is -0.339 e. The van der Waals surface area contributed by atoms with Crippen LogP contribution in [-0.4, -0.2) is 51.7 Å². The molecule has 1 fully saturated rings. The van der Waals surface area contributed by atoms with Crippen molar-refractivity contribution >= 4 is 5.91 Å². The molecular formula is C17H18F4N4O. The lowest BCUT2D eigenvalue weighted by Gasteiger charge is -2.34. The van der Waals surface area contributed by atoms with Crippen molar-refractivity contribution in [3.63, 3.8) is 0 Å². The smallest absolute Gasteiger partial charge is 0.339 e. The van der Waals surface area contributed by atoms with Gasteiger partial charge in [-0.3, -0.25) is 14.4 Å². The van der Waals surface area contributed by atoms with Crippen LogP contribution in [-0.2, 0) is 24.1 Å². The fourth-order valence-corrected chi connectivity index (χ4v) is 2.84. The summed E-state index contributed by atoms with van der Waals surface area (Å²) >= 11 is 0. The largest absolute Gasteiger partial charge is 0.435 e. The first-order valence-electron chi connectivity index (χ1n) is 8.16. The summed E-state index contributed by atoms with van der Waals surface area (Å²) in [5.41, 5.74) is -0.0168. The molecule has 0 spiro atoms. The third kappa shape index (κ3) is 4.60. The van der Waals surface area contributed by atoms with Gasteiger partial charge in [-0.1, -0.05) is 12.1 Å². The second kappa shape index (κ2) is 7.45. The van der Waals surface area contributed by atoms with Gasteiger partial charge in [-0.25, -0.2) is 4.39 Å². The average molecular weight is 370 g/mol. The minimum atomic E-state index is -4.51. The molecule has 1 saturated heterocycles. The van der Waals surface area contributed by atoms with Gasteiger partial charge in [0.1, 0.15) is 12.4 Å². The molecule has 1 aromatic heterocycles. The van der Waals surface area contributed by atoms with Crippen LogP contribution in [0.15, 0.2) is 36.5 Å². The molecule has 0 N–H and O–H groups in total. The van der Waals surface area contributed by atoms with Crippen LogP contribution < -0.4 is 0 Å². The van der Waals surface area contributed by atoms with Crippen molar-refractivity contribution < 1.29 is 22.4 Å². The first-order valence-corrected chi connectivity index (χ1v) is 8.16. The highest BCUT2D eigenvalue weighted by Crippen LogP contribution is 2.27. The second-order valence-electron chi connectivity index (χ2n) is 6.18. The summed E-state index contributed by atoms with van der Waals surface area (Å²) in [7, 11) is 0. The number of nitrogens with zero attached hydrogens (tertiary/aromatic N) is 4. The highest BCUT2D eigenvalue weighted by molar-refractivity contribution is 5.76. The molecule has 26 heavy (non-hydrogen) atoms. The Hall–Kier alpha value is -2.42. The Bertz CT molecular complexity index is 749. The number of halogens is 4. The van der Waals surface area contributed by atoms with Gasteiger partial charge >= 0.3 is 6.18 Å². The molecular weight excluding hydrogens is 352 g/mol. The monoisotopic (exact) mass is 370 g/mol. The Morgan fingerprint density at radius 1 is 1.04 bits per heavy atom. The Balaban J connectivity index is 1.49. The van der Waals surface area contributed by atoms with Crippen LogP contribution in [0.25, 0.3) is 0 Å². The third-order valence-corrected chi connectivity index (χ3v) is 4.27. The predicted molar refractivity (Wildman–Crippen MR) is 85.5 cm³/mol. The quantitative estimate of drug-likeness (QED) is 0.776. The van der Waals surface area contributed by atoms with E-state index in [1.54, 1.807) is 17.0 Å². The number of alkyl halides is 3. The van der Waals surface area contributed by atoms with Gasteiger partial charge in [0.05, 0.1) is 0 Å². The molecule has 9 heteroatoms. The van der Waals surface area contributed by atoms with Gasteiger partial charge < -0.3 is 4.90 Å². The van der Waals surface area contributed by atoms with E-state index in [-0.39, 0.29) is 18.3 Å². The van der Waals surface area contributed by atoms with Crippen LogP contribution >= 0.6 is 0 Å². The van der Waals surface area contributed by atoms with Gasteiger partial charge in [0, 0.05) is 38.9 Å². The molecule has 2 aromatic rings. The molecule has 0 aliphatic carbocycles. The molecule has 3 rings (SSSR count). The van der Waals surface area contributed by atoms with Crippen molar-refractivity contribution in [2.24, 2.45) is 0 Å². The summed E-state index contributed by atoms with van der Waals surface area (Å²) in [5.74, 6) is -0.542. The molecule has 5 nitrogen and oxygen atoms in total. The summed E-state index contributed by atoms with van der Waals surface area (Å²) in [5, 5.41) is 3.40. The maximum atomic E-state index is 12.9. The lowest BCUT2D eigenvalue weighted by Crippen LogP contribution is -2.49. The summed E-state index contributed by atoms with van der Waals surface area (Å²) in [6.45, 7) is 2.73. The molecule has 0 radical (unpaired) electrons. The lowest BCUT2D eigenvalue weighted by molar-refractivity contribution is -0.142. The molecule has 1 amide bonds. The van der Waals surface area contributed by atoms with Crippen molar-refractivity contribution in [2.45, 2.75) is 19.3 Å². The van der Waals surface area contributed by atoms with Gasteiger partial charge in [0.2, 0.25) is 5.91 Å². The zero-order chi connectivity index (χ0) is 18.7. The SMILES string of the molecule is O=C(Cn1ccc(C(F)(F)F)n1)N1CCN(Cc2ccc(F)cc2)CC1. The number of piperazine rings is 1. The zero-order valence-corrected chi connectivity index (χ0v) is 13.9. The minimum absolute atomic E-state index is 0.214. The Labute approximate surface area is 147 Å². The second-order valence-corrected chi connectivity index (χ2v) is 6.18. The Kier molecular flexibility index (Phi) is 5.26. The van der Waals surface area contributed by atoms with E-state index in [2.05, 4.69) is 10.00 Å². The molecule has 1 aromatic carbocycles. The number of rotatable bonds is 4. The number of hydrogen-bond acceptors (Lipinski definition) is 3. The topological polar surface area (TPSA) is 41.4 Å². The van der Waals surface area contributed by atoms with Crippen molar-refractivity contribution in [2.75, 3.05) is 26.2 Å². The van der Waals surface area contributed by atoms with E-state index >= 15 is 0 Å². The summed E-state index contributed by atoms with van der Waals surface area (Å²) in [6.07, 6.45) is -3.36. The number of carbonyl (C=O) groups excluding carboxylic acids is 1.